The van der Waals surface area contributed by atoms with Gasteiger partial charge in [-0.25, -0.2) is 4.79 Å². The van der Waals surface area contributed by atoms with E-state index in [1.54, 1.807) is 0 Å². The molecule has 5 nitrogen and oxygen atoms in total. The van der Waals surface area contributed by atoms with Crippen LogP contribution >= 0.6 is 0 Å². The summed E-state index contributed by atoms with van der Waals surface area (Å²) in [6.45, 7) is 6.19. The van der Waals surface area contributed by atoms with Crippen LogP contribution in [0.3, 0.4) is 0 Å². The Morgan fingerprint density at radius 1 is 1.24 bits per heavy atom. The molecule has 3 rings (SSSR count). The van der Waals surface area contributed by atoms with Crippen LogP contribution in [0.1, 0.15) is 52.4 Å². The molecule has 0 radical (unpaired) electrons. The number of hydrogen-bond acceptors (Lipinski definition) is 3. The lowest BCUT2D eigenvalue weighted by Gasteiger charge is -2.41. The lowest BCUT2D eigenvalue weighted by atomic mass is 9.89. The van der Waals surface area contributed by atoms with Crippen molar-refractivity contribution in [1.29, 1.82) is 0 Å². The minimum absolute atomic E-state index is 0.0557. The lowest BCUT2D eigenvalue weighted by Crippen LogP contribution is -2.57. The molecule has 120 valence electrons. The first-order valence-electron chi connectivity index (χ1n) is 8.42. The standard InChI is InChI=1S/C16H28N2O3/c1-12-13(2)20-10-8-18(12)15(19)17-14-5-9-21-16(11-14)6-3-4-7-16/h12-14H,3-11H2,1-2H3,(H,17,19). The number of carbonyl (C=O) groups is 1. The molecule has 0 bridgehead atoms. The Morgan fingerprint density at radius 2 is 2.00 bits per heavy atom. The first-order chi connectivity index (χ1) is 10.1. The fourth-order valence-electron chi connectivity index (χ4n) is 4.00. The summed E-state index contributed by atoms with van der Waals surface area (Å²) < 4.78 is 11.6. The largest absolute Gasteiger partial charge is 0.375 e. The Labute approximate surface area is 127 Å². The molecular formula is C16H28N2O3. The summed E-state index contributed by atoms with van der Waals surface area (Å²) >= 11 is 0. The van der Waals surface area contributed by atoms with Gasteiger partial charge in [0, 0.05) is 19.2 Å². The zero-order valence-corrected chi connectivity index (χ0v) is 13.3. The van der Waals surface area contributed by atoms with Gasteiger partial charge in [0.05, 0.1) is 24.4 Å². The van der Waals surface area contributed by atoms with E-state index in [1.807, 2.05) is 11.8 Å². The topological polar surface area (TPSA) is 50.8 Å². The highest BCUT2D eigenvalue weighted by Gasteiger charge is 2.41. The molecule has 2 heterocycles. The maximum Gasteiger partial charge on any atom is 0.318 e. The minimum Gasteiger partial charge on any atom is -0.375 e. The van der Waals surface area contributed by atoms with E-state index in [1.165, 1.54) is 12.8 Å². The van der Waals surface area contributed by atoms with Crippen LogP contribution in [0.15, 0.2) is 0 Å². The molecule has 3 aliphatic rings. The van der Waals surface area contributed by atoms with Gasteiger partial charge < -0.3 is 19.7 Å². The summed E-state index contributed by atoms with van der Waals surface area (Å²) in [5.74, 6) is 0. The van der Waals surface area contributed by atoms with Gasteiger partial charge in [0.1, 0.15) is 0 Å². The Hall–Kier alpha value is -0.810. The molecule has 3 atom stereocenters. The van der Waals surface area contributed by atoms with Crippen molar-refractivity contribution in [2.75, 3.05) is 19.8 Å². The van der Waals surface area contributed by atoms with Crippen molar-refractivity contribution >= 4 is 6.03 Å². The molecule has 21 heavy (non-hydrogen) atoms. The number of nitrogens with one attached hydrogen (secondary N) is 1. The molecule has 0 aromatic carbocycles. The minimum atomic E-state index is 0.0557. The van der Waals surface area contributed by atoms with Crippen molar-refractivity contribution < 1.29 is 14.3 Å². The fraction of sp³-hybridized carbons (Fsp3) is 0.938. The first-order valence-corrected chi connectivity index (χ1v) is 8.42. The third-order valence-electron chi connectivity index (χ3n) is 5.48. The van der Waals surface area contributed by atoms with E-state index in [9.17, 15) is 4.79 Å². The van der Waals surface area contributed by atoms with Crippen LogP contribution in [0, 0.1) is 0 Å². The van der Waals surface area contributed by atoms with E-state index in [2.05, 4.69) is 12.2 Å². The van der Waals surface area contributed by atoms with Crippen LogP contribution in [0.5, 0.6) is 0 Å². The van der Waals surface area contributed by atoms with Crippen molar-refractivity contribution in [2.45, 2.75) is 76.2 Å². The van der Waals surface area contributed by atoms with E-state index in [-0.39, 0.29) is 29.8 Å². The van der Waals surface area contributed by atoms with Crippen molar-refractivity contribution in [3.63, 3.8) is 0 Å². The quantitative estimate of drug-likeness (QED) is 0.808. The molecule has 1 N–H and O–H groups in total. The van der Waals surface area contributed by atoms with Crippen LogP contribution in [0.25, 0.3) is 0 Å². The summed E-state index contributed by atoms with van der Waals surface area (Å²) in [6.07, 6.45) is 6.86. The second kappa shape index (κ2) is 6.13. The molecule has 0 aromatic heterocycles. The van der Waals surface area contributed by atoms with Crippen LogP contribution in [-0.2, 0) is 9.47 Å². The van der Waals surface area contributed by atoms with Crippen LogP contribution in [0.4, 0.5) is 4.79 Å². The number of urea groups is 1. The summed E-state index contributed by atoms with van der Waals surface area (Å²) in [5.41, 5.74) is 0.0557. The highest BCUT2D eigenvalue weighted by molar-refractivity contribution is 5.75. The van der Waals surface area contributed by atoms with Gasteiger partial charge in [-0.2, -0.15) is 0 Å². The Kier molecular flexibility index (Phi) is 4.41. The van der Waals surface area contributed by atoms with E-state index in [0.29, 0.717) is 13.2 Å². The predicted octanol–water partition coefficient (Wildman–Crippen LogP) is 2.30. The van der Waals surface area contributed by atoms with Gasteiger partial charge in [0.2, 0.25) is 0 Å². The molecule has 2 saturated heterocycles. The third-order valence-corrected chi connectivity index (χ3v) is 5.48. The molecule has 3 unspecified atom stereocenters. The summed E-state index contributed by atoms with van der Waals surface area (Å²) in [7, 11) is 0. The number of carbonyl (C=O) groups excluding carboxylic acids is 1. The maximum absolute atomic E-state index is 12.5. The second-order valence-corrected chi connectivity index (χ2v) is 6.89. The average Bonchev–Trinajstić information content (AvgIpc) is 2.89. The van der Waals surface area contributed by atoms with E-state index < -0.39 is 0 Å². The number of amides is 2. The van der Waals surface area contributed by atoms with Crippen LogP contribution in [0.2, 0.25) is 0 Å². The van der Waals surface area contributed by atoms with Crippen LogP contribution < -0.4 is 5.32 Å². The Morgan fingerprint density at radius 3 is 2.76 bits per heavy atom. The van der Waals surface area contributed by atoms with Crippen LogP contribution in [-0.4, -0.2) is 54.5 Å². The summed E-state index contributed by atoms with van der Waals surface area (Å²) in [4.78, 5) is 14.5. The van der Waals surface area contributed by atoms with Gasteiger partial charge in [-0.3, -0.25) is 0 Å². The van der Waals surface area contributed by atoms with Gasteiger partial charge in [-0.15, -0.1) is 0 Å². The van der Waals surface area contributed by atoms with Gasteiger partial charge in [0.25, 0.3) is 0 Å². The summed E-state index contributed by atoms with van der Waals surface area (Å²) in [6, 6.07) is 0.464. The lowest BCUT2D eigenvalue weighted by molar-refractivity contribution is -0.0835. The van der Waals surface area contributed by atoms with E-state index in [0.717, 1.165) is 32.3 Å². The second-order valence-electron chi connectivity index (χ2n) is 6.89. The van der Waals surface area contributed by atoms with Crippen molar-refractivity contribution in [3.05, 3.63) is 0 Å². The smallest absolute Gasteiger partial charge is 0.318 e. The number of nitrogens with zero attached hydrogens (tertiary/aromatic N) is 1. The SMILES string of the molecule is CC1OCCN(C(=O)NC2CCOC3(CCCC3)C2)C1C. The molecule has 1 aliphatic carbocycles. The third kappa shape index (κ3) is 3.19. The van der Waals surface area contributed by atoms with E-state index >= 15 is 0 Å². The molecule has 2 amide bonds. The number of morpholine rings is 1. The molecule has 5 heteroatoms. The molecule has 1 saturated carbocycles. The van der Waals surface area contributed by atoms with Gasteiger partial charge in [-0.1, -0.05) is 12.8 Å². The highest BCUT2D eigenvalue weighted by atomic mass is 16.5. The zero-order chi connectivity index (χ0) is 14.9. The van der Waals surface area contributed by atoms with Crippen molar-refractivity contribution in [3.8, 4) is 0 Å². The number of hydrogen-bond donors (Lipinski definition) is 1. The fourth-order valence-corrected chi connectivity index (χ4v) is 4.00. The molecule has 3 fully saturated rings. The Bertz CT molecular complexity index is 382. The molecule has 1 spiro atoms. The molecule has 2 aliphatic heterocycles. The predicted molar refractivity (Wildman–Crippen MR) is 80.3 cm³/mol. The zero-order valence-electron chi connectivity index (χ0n) is 13.3. The molecular weight excluding hydrogens is 268 g/mol. The maximum atomic E-state index is 12.5. The van der Waals surface area contributed by atoms with Gasteiger partial charge in [0.15, 0.2) is 0 Å². The monoisotopic (exact) mass is 296 g/mol. The molecule has 0 aromatic rings. The normalized spacial score (nSPS) is 35.9. The number of rotatable bonds is 1. The average molecular weight is 296 g/mol. The number of ether oxygens (including phenoxy) is 2. The highest BCUT2D eigenvalue weighted by Crippen LogP contribution is 2.40. The van der Waals surface area contributed by atoms with E-state index in [4.69, 9.17) is 9.47 Å². The van der Waals surface area contributed by atoms with Gasteiger partial charge >= 0.3 is 6.03 Å². The Balaban J connectivity index is 1.56. The van der Waals surface area contributed by atoms with Crippen molar-refractivity contribution in [1.82, 2.24) is 10.2 Å². The summed E-state index contributed by atoms with van der Waals surface area (Å²) in [5, 5.41) is 3.24. The van der Waals surface area contributed by atoms with Crippen molar-refractivity contribution in [2.24, 2.45) is 0 Å². The van der Waals surface area contributed by atoms with Gasteiger partial charge in [-0.05, 0) is 39.5 Å². The first kappa shape index (κ1) is 15.1.